The summed E-state index contributed by atoms with van der Waals surface area (Å²) in [6.45, 7) is -0.215. The van der Waals surface area contributed by atoms with E-state index in [0.29, 0.717) is 12.8 Å². The maximum Gasteiger partial charge on any atom is 0.241 e. The summed E-state index contributed by atoms with van der Waals surface area (Å²) in [7, 11) is -3.68. The van der Waals surface area contributed by atoms with E-state index in [1.807, 2.05) is 0 Å². The summed E-state index contributed by atoms with van der Waals surface area (Å²) >= 11 is 0. The van der Waals surface area contributed by atoms with Gasteiger partial charge in [-0.3, -0.25) is 0 Å². The van der Waals surface area contributed by atoms with Crippen molar-refractivity contribution in [3.05, 3.63) is 30.1 Å². The first-order valence-corrected chi connectivity index (χ1v) is 6.86. The molecule has 1 aliphatic rings. The van der Waals surface area contributed by atoms with Crippen molar-refractivity contribution in [3.63, 3.8) is 0 Å². The van der Waals surface area contributed by atoms with Gasteiger partial charge in [-0.15, -0.1) is 0 Å². The minimum Gasteiger partial charge on any atom is -0.394 e. The molecule has 1 aromatic rings. The Kier molecular flexibility index (Phi) is 3.20. The van der Waals surface area contributed by atoms with E-state index < -0.39 is 21.4 Å². The van der Waals surface area contributed by atoms with Crippen LogP contribution in [0.4, 0.5) is 4.39 Å². The maximum atomic E-state index is 12.7. The summed E-state index contributed by atoms with van der Waals surface area (Å²) in [5, 5.41) is 9.20. The highest BCUT2D eigenvalue weighted by atomic mass is 32.2. The fourth-order valence-corrected chi connectivity index (χ4v) is 3.30. The summed E-state index contributed by atoms with van der Waals surface area (Å²) in [5.41, 5.74) is -0.729. The summed E-state index contributed by atoms with van der Waals surface area (Å²) in [5.74, 6) is -0.482. The summed E-state index contributed by atoms with van der Waals surface area (Å²) in [6, 6.07) is 4.62. The molecule has 4 nitrogen and oxygen atoms in total. The van der Waals surface area contributed by atoms with Crippen LogP contribution < -0.4 is 4.72 Å². The molecule has 0 atom stereocenters. The summed E-state index contributed by atoms with van der Waals surface area (Å²) in [6.07, 6.45) is 2.15. The van der Waals surface area contributed by atoms with Crippen LogP contribution in [0, 0.1) is 5.82 Å². The van der Waals surface area contributed by atoms with Gasteiger partial charge >= 0.3 is 0 Å². The highest BCUT2D eigenvalue weighted by molar-refractivity contribution is 7.89. The first-order chi connectivity index (χ1) is 7.97. The van der Waals surface area contributed by atoms with Crippen LogP contribution in [0.25, 0.3) is 0 Å². The molecule has 1 aromatic carbocycles. The van der Waals surface area contributed by atoms with E-state index in [-0.39, 0.29) is 11.5 Å². The molecule has 17 heavy (non-hydrogen) atoms. The number of sulfonamides is 1. The lowest BCUT2D eigenvalue weighted by atomic mass is 9.78. The van der Waals surface area contributed by atoms with Crippen molar-refractivity contribution >= 4 is 10.0 Å². The lowest BCUT2D eigenvalue weighted by Crippen LogP contribution is -2.55. The van der Waals surface area contributed by atoms with E-state index in [2.05, 4.69) is 4.72 Å². The number of aliphatic hydroxyl groups is 1. The normalized spacial score (nSPS) is 18.7. The van der Waals surface area contributed by atoms with Crippen molar-refractivity contribution in [1.29, 1.82) is 0 Å². The molecule has 0 unspecified atom stereocenters. The van der Waals surface area contributed by atoms with E-state index in [0.717, 1.165) is 18.6 Å². The molecule has 0 aromatic heterocycles. The molecular formula is C11H14FNO3S. The van der Waals surface area contributed by atoms with Gasteiger partial charge in [-0.1, -0.05) is 0 Å². The molecule has 94 valence electrons. The summed E-state index contributed by atoms with van der Waals surface area (Å²) < 4.78 is 39.1. The first kappa shape index (κ1) is 12.5. The van der Waals surface area contributed by atoms with Gasteiger partial charge in [0.2, 0.25) is 10.0 Å². The average Bonchev–Trinajstić information content (AvgIpc) is 2.24. The molecule has 0 spiro atoms. The first-order valence-electron chi connectivity index (χ1n) is 5.38. The van der Waals surface area contributed by atoms with Crippen LogP contribution in [0.5, 0.6) is 0 Å². The smallest absolute Gasteiger partial charge is 0.241 e. The Labute approximate surface area is 99.5 Å². The molecule has 6 heteroatoms. The zero-order valence-electron chi connectivity index (χ0n) is 9.19. The minimum atomic E-state index is -3.68. The molecule has 0 amide bonds. The van der Waals surface area contributed by atoms with Crippen molar-refractivity contribution in [2.45, 2.75) is 29.7 Å². The van der Waals surface area contributed by atoms with Gasteiger partial charge in [-0.25, -0.2) is 17.5 Å². The van der Waals surface area contributed by atoms with Crippen molar-refractivity contribution in [2.75, 3.05) is 6.61 Å². The predicted molar refractivity (Wildman–Crippen MR) is 60.4 cm³/mol. The SMILES string of the molecule is O=S(=O)(NC1(CO)CCC1)c1ccc(F)cc1. The Bertz CT molecular complexity index is 488. The van der Waals surface area contributed by atoms with E-state index in [1.54, 1.807) is 0 Å². The molecule has 0 aliphatic heterocycles. The van der Waals surface area contributed by atoms with Crippen molar-refractivity contribution in [1.82, 2.24) is 4.72 Å². The quantitative estimate of drug-likeness (QED) is 0.848. The zero-order valence-corrected chi connectivity index (χ0v) is 10.0. The van der Waals surface area contributed by atoms with Crippen LogP contribution in [0.2, 0.25) is 0 Å². The lowest BCUT2D eigenvalue weighted by Gasteiger charge is -2.40. The van der Waals surface area contributed by atoms with Gasteiger partial charge < -0.3 is 5.11 Å². The Morgan fingerprint density at radius 3 is 2.29 bits per heavy atom. The number of hydrogen-bond donors (Lipinski definition) is 2. The standard InChI is InChI=1S/C11H14FNO3S/c12-9-2-4-10(5-3-9)17(15,16)13-11(8-14)6-1-7-11/h2-5,13-14H,1,6-8H2. The van der Waals surface area contributed by atoms with Gasteiger partial charge in [0, 0.05) is 0 Å². The molecule has 2 N–H and O–H groups in total. The second-order valence-electron chi connectivity index (χ2n) is 4.35. The van der Waals surface area contributed by atoms with Crippen LogP contribution in [0.1, 0.15) is 19.3 Å². The molecule has 1 saturated carbocycles. The van der Waals surface area contributed by atoms with Crippen LogP contribution in [-0.4, -0.2) is 25.7 Å². The van der Waals surface area contributed by atoms with E-state index in [9.17, 15) is 17.9 Å². The van der Waals surface area contributed by atoms with Crippen LogP contribution in [0.3, 0.4) is 0 Å². The van der Waals surface area contributed by atoms with Crippen molar-refractivity contribution < 1.29 is 17.9 Å². The number of benzene rings is 1. The third kappa shape index (κ3) is 2.48. The highest BCUT2D eigenvalue weighted by Gasteiger charge is 2.40. The Hall–Kier alpha value is -0.980. The number of hydrogen-bond acceptors (Lipinski definition) is 3. The fraction of sp³-hybridized carbons (Fsp3) is 0.455. The molecule has 2 rings (SSSR count). The van der Waals surface area contributed by atoms with Gasteiger partial charge in [-0.2, -0.15) is 0 Å². The number of halogens is 1. The molecule has 0 heterocycles. The lowest BCUT2D eigenvalue weighted by molar-refractivity contribution is 0.110. The van der Waals surface area contributed by atoms with Crippen molar-refractivity contribution in [2.24, 2.45) is 0 Å². The third-order valence-corrected chi connectivity index (χ3v) is 4.68. The molecular weight excluding hydrogens is 245 g/mol. The van der Waals surface area contributed by atoms with Gasteiger partial charge in [0.1, 0.15) is 5.82 Å². The number of nitrogens with one attached hydrogen (secondary N) is 1. The monoisotopic (exact) mass is 259 g/mol. The van der Waals surface area contributed by atoms with E-state index >= 15 is 0 Å². The van der Waals surface area contributed by atoms with Crippen LogP contribution in [0.15, 0.2) is 29.2 Å². The number of aliphatic hydroxyl groups excluding tert-OH is 1. The van der Waals surface area contributed by atoms with E-state index in [4.69, 9.17) is 0 Å². The van der Waals surface area contributed by atoms with Gasteiger partial charge in [0.25, 0.3) is 0 Å². The Morgan fingerprint density at radius 2 is 1.88 bits per heavy atom. The molecule has 0 radical (unpaired) electrons. The van der Waals surface area contributed by atoms with Gasteiger partial charge in [-0.05, 0) is 43.5 Å². The van der Waals surface area contributed by atoms with E-state index in [1.165, 1.54) is 12.1 Å². The van der Waals surface area contributed by atoms with Crippen molar-refractivity contribution in [3.8, 4) is 0 Å². The third-order valence-electron chi connectivity index (χ3n) is 3.09. The highest BCUT2D eigenvalue weighted by Crippen LogP contribution is 2.32. The second-order valence-corrected chi connectivity index (χ2v) is 6.03. The molecule has 1 fully saturated rings. The maximum absolute atomic E-state index is 12.7. The van der Waals surface area contributed by atoms with Crippen LogP contribution in [-0.2, 0) is 10.0 Å². The topological polar surface area (TPSA) is 66.4 Å². The molecule has 1 aliphatic carbocycles. The zero-order chi connectivity index (χ0) is 12.5. The second kappa shape index (κ2) is 4.36. The Balaban J connectivity index is 2.22. The Morgan fingerprint density at radius 1 is 1.29 bits per heavy atom. The van der Waals surface area contributed by atoms with Gasteiger partial charge in [0.05, 0.1) is 17.0 Å². The largest absolute Gasteiger partial charge is 0.394 e. The predicted octanol–water partition coefficient (Wildman–Crippen LogP) is 1.02. The van der Waals surface area contributed by atoms with Crippen LogP contribution >= 0.6 is 0 Å². The average molecular weight is 259 g/mol. The van der Waals surface area contributed by atoms with Gasteiger partial charge in [0.15, 0.2) is 0 Å². The number of rotatable bonds is 4. The molecule has 0 bridgehead atoms. The fourth-order valence-electron chi connectivity index (χ4n) is 1.85. The minimum absolute atomic E-state index is 0.0126. The summed E-state index contributed by atoms with van der Waals surface area (Å²) in [4.78, 5) is 0.0126. The molecule has 0 saturated heterocycles.